The van der Waals surface area contributed by atoms with Gasteiger partial charge in [0, 0.05) is 20.0 Å². The minimum Gasteiger partial charge on any atom is -0.339 e. The molecule has 0 aliphatic heterocycles. The summed E-state index contributed by atoms with van der Waals surface area (Å²) in [6.07, 6.45) is -0.0791. The summed E-state index contributed by atoms with van der Waals surface area (Å²) in [5.41, 5.74) is 0.864. The lowest BCUT2D eigenvalue weighted by Crippen LogP contribution is -2.32. The third-order valence-electron chi connectivity index (χ3n) is 3.97. The number of hydrogen-bond donors (Lipinski definition) is 1. The maximum absolute atomic E-state index is 13.2. The first kappa shape index (κ1) is 20.3. The molecule has 0 atom stereocenters. The lowest BCUT2D eigenvalue weighted by atomic mass is 10.3. The molecule has 1 N–H and O–H groups in total. The third-order valence-corrected chi connectivity index (χ3v) is 6.45. The van der Waals surface area contributed by atoms with E-state index in [-0.39, 0.29) is 18.9 Å². The van der Waals surface area contributed by atoms with Gasteiger partial charge in [-0.15, -0.1) is 11.3 Å². The molecule has 6 nitrogen and oxygen atoms in total. The number of rotatable bonds is 7. The average Bonchev–Trinajstić information content (AvgIpc) is 3.05. The van der Waals surface area contributed by atoms with E-state index < -0.39 is 26.6 Å². The minimum absolute atomic E-state index is 0.0791. The van der Waals surface area contributed by atoms with E-state index in [1.54, 1.807) is 7.05 Å². The van der Waals surface area contributed by atoms with E-state index in [4.69, 9.17) is 0 Å². The topological polar surface area (TPSA) is 79.4 Å². The van der Waals surface area contributed by atoms with Gasteiger partial charge in [0.05, 0.1) is 21.7 Å². The van der Waals surface area contributed by atoms with E-state index in [0.717, 1.165) is 27.4 Å². The van der Waals surface area contributed by atoms with Gasteiger partial charge in [-0.25, -0.2) is 26.9 Å². The zero-order valence-electron chi connectivity index (χ0n) is 14.9. The SMILES string of the molecule is CN(Cc1nc2ccccc2s1)C(=O)CCNS(=O)(=O)c1ccc(F)c(F)c1. The summed E-state index contributed by atoms with van der Waals surface area (Å²) >= 11 is 1.49. The highest BCUT2D eigenvalue weighted by atomic mass is 32.2. The molecule has 28 heavy (non-hydrogen) atoms. The number of para-hydroxylation sites is 1. The summed E-state index contributed by atoms with van der Waals surface area (Å²) in [5.74, 6) is -2.66. The average molecular weight is 425 g/mol. The van der Waals surface area contributed by atoms with Crippen molar-refractivity contribution in [1.82, 2.24) is 14.6 Å². The van der Waals surface area contributed by atoms with Crippen LogP contribution >= 0.6 is 11.3 Å². The molecule has 1 aromatic heterocycles. The third kappa shape index (κ3) is 4.70. The second kappa shape index (κ2) is 8.29. The fourth-order valence-corrected chi connectivity index (χ4v) is 4.55. The summed E-state index contributed by atoms with van der Waals surface area (Å²) in [7, 11) is -2.43. The van der Waals surface area contributed by atoms with Crippen LogP contribution in [0.3, 0.4) is 0 Å². The highest BCUT2D eigenvalue weighted by molar-refractivity contribution is 7.89. The van der Waals surface area contributed by atoms with Crippen molar-refractivity contribution in [3.8, 4) is 0 Å². The molecule has 3 rings (SSSR count). The monoisotopic (exact) mass is 425 g/mol. The molecule has 1 amide bonds. The Morgan fingerprint density at radius 1 is 1.18 bits per heavy atom. The molecule has 2 aromatic carbocycles. The maximum Gasteiger partial charge on any atom is 0.240 e. The van der Waals surface area contributed by atoms with Crippen LogP contribution in [-0.4, -0.2) is 37.8 Å². The minimum atomic E-state index is -4.03. The second-order valence-electron chi connectivity index (χ2n) is 6.05. The Balaban J connectivity index is 1.54. The molecule has 0 aliphatic carbocycles. The Bertz CT molecular complexity index is 1080. The number of amides is 1. The Hall–Kier alpha value is -2.43. The first-order chi connectivity index (χ1) is 13.3. The van der Waals surface area contributed by atoms with E-state index in [2.05, 4.69) is 9.71 Å². The Morgan fingerprint density at radius 2 is 1.93 bits per heavy atom. The Kier molecular flexibility index (Phi) is 6.01. The molecule has 0 unspecified atom stereocenters. The molecule has 1 heterocycles. The van der Waals surface area contributed by atoms with Crippen LogP contribution < -0.4 is 4.72 Å². The van der Waals surface area contributed by atoms with Gasteiger partial charge >= 0.3 is 0 Å². The molecule has 3 aromatic rings. The first-order valence-electron chi connectivity index (χ1n) is 8.29. The summed E-state index contributed by atoms with van der Waals surface area (Å²) in [4.78, 5) is 17.8. The van der Waals surface area contributed by atoms with Crippen molar-refractivity contribution in [3.05, 3.63) is 59.1 Å². The van der Waals surface area contributed by atoms with Crippen molar-refractivity contribution in [2.75, 3.05) is 13.6 Å². The van der Waals surface area contributed by atoms with Crippen LogP contribution in [0.4, 0.5) is 8.78 Å². The quantitative estimate of drug-likeness (QED) is 0.631. The predicted octanol–water partition coefficient (Wildman–Crippen LogP) is 2.90. The standard InChI is InChI=1S/C18H17F2N3O3S2/c1-23(11-17-22-15-4-2-3-5-16(15)27-17)18(24)8-9-21-28(25,26)12-6-7-13(19)14(20)10-12/h2-7,10,21H,8-9,11H2,1H3. The summed E-state index contributed by atoms with van der Waals surface area (Å²) in [5, 5.41) is 0.777. The summed E-state index contributed by atoms with van der Waals surface area (Å²) < 4.78 is 53.6. The molecule has 0 saturated heterocycles. The summed E-state index contributed by atoms with van der Waals surface area (Å²) in [6.45, 7) is 0.151. The van der Waals surface area contributed by atoms with E-state index >= 15 is 0 Å². The number of carbonyl (C=O) groups is 1. The molecule has 0 bridgehead atoms. The molecular formula is C18H17F2N3O3S2. The van der Waals surface area contributed by atoms with Crippen molar-refractivity contribution in [2.45, 2.75) is 17.9 Å². The van der Waals surface area contributed by atoms with Crippen LogP contribution in [-0.2, 0) is 21.4 Å². The molecule has 0 spiro atoms. The van der Waals surface area contributed by atoms with E-state index in [0.29, 0.717) is 12.6 Å². The van der Waals surface area contributed by atoms with Crippen molar-refractivity contribution in [3.63, 3.8) is 0 Å². The predicted molar refractivity (Wildman–Crippen MR) is 102 cm³/mol. The van der Waals surface area contributed by atoms with Crippen LogP contribution in [0.1, 0.15) is 11.4 Å². The van der Waals surface area contributed by atoms with Crippen molar-refractivity contribution < 1.29 is 22.0 Å². The number of halogens is 2. The number of hydrogen-bond acceptors (Lipinski definition) is 5. The van der Waals surface area contributed by atoms with E-state index in [1.165, 1.54) is 16.2 Å². The maximum atomic E-state index is 13.2. The number of aromatic nitrogens is 1. The van der Waals surface area contributed by atoms with E-state index in [9.17, 15) is 22.0 Å². The lowest BCUT2D eigenvalue weighted by molar-refractivity contribution is -0.130. The zero-order chi connectivity index (χ0) is 20.3. The van der Waals surface area contributed by atoms with Crippen molar-refractivity contribution >= 4 is 37.5 Å². The lowest BCUT2D eigenvalue weighted by Gasteiger charge is -2.15. The van der Waals surface area contributed by atoms with Crippen LogP contribution in [0.5, 0.6) is 0 Å². The van der Waals surface area contributed by atoms with Crippen molar-refractivity contribution in [2.24, 2.45) is 0 Å². The molecule has 0 radical (unpaired) electrons. The normalized spacial score (nSPS) is 11.7. The Labute approximate surface area is 164 Å². The number of thiazole rings is 1. The zero-order valence-corrected chi connectivity index (χ0v) is 16.5. The summed E-state index contributed by atoms with van der Waals surface area (Å²) in [6, 6.07) is 9.94. The Morgan fingerprint density at radius 3 is 2.64 bits per heavy atom. The highest BCUT2D eigenvalue weighted by Gasteiger charge is 2.18. The second-order valence-corrected chi connectivity index (χ2v) is 8.93. The van der Waals surface area contributed by atoms with Crippen LogP contribution in [0.15, 0.2) is 47.4 Å². The first-order valence-corrected chi connectivity index (χ1v) is 10.6. The highest BCUT2D eigenvalue weighted by Crippen LogP contribution is 2.22. The van der Waals surface area contributed by atoms with Crippen LogP contribution in [0.25, 0.3) is 10.2 Å². The number of fused-ring (bicyclic) bond motifs is 1. The number of benzene rings is 2. The van der Waals surface area contributed by atoms with E-state index in [1.807, 2.05) is 24.3 Å². The largest absolute Gasteiger partial charge is 0.339 e. The van der Waals surface area contributed by atoms with Gasteiger partial charge in [-0.2, -0.15) is 0 Å². The molecule has 148 valence electrons. The van der Waals surface area contributed by atoms with Gasteiger partial charge in [0.2, 0.25) is 15.9 Å². The number of nitrogens with one attached hydrogen (secondary N) is 1. The molecule has 0 aliphatic rings. The number of nitrogens with zero attached hydrogens (tertiary/aromatic N) is 2. The van der Waals surface area contributed by atoms with Crippen LogP contribution in [0.2, 0.25) is 0 Å². The molecule has 0 saturated carbocycles. The van der Waals surface area contributed by atoms with Gasteiger partial charge in [0.1, 0.15) is 5.01 Å². The van der Waals surface area contributed by atoms with Gasteiger partial charge in [0.15, 0.2) is 11.6 Å². The molecule has 0 fully saturated rings. The molecule has 10 heteroatoms. The molecular weight excluding hydrogens is 408 g/mol. The van der Waals surface area contributed by atoms with Crippen LogP contribution in [0, 0.1) is 11.6 Å². The van der Waals surface area contributed by atoms with Gasteiger partial charge in [-0.3, -0.25) is 4.79 Å². The van der Waals surface area contributed by atoms with Gasteiger partial charge in [-0.05, 0) is 30.3 Å². The fourth-order valence-electron chi connectivity index (χ4n) is 2.49. The van der Waals surface area contributed by atoms with Gasteiger partial charge in [-0.1, -0.05) is 12.1 Å². The number of carbonyl (C=O) groups excluding carboxylic acids is 1. The van der Waals surface area contributed by atoms with Gasteiger partial charge in [0.25, 0.3) is 0 Å². The van der Waals surface area contributed by atoms with Gasteiger partial charge < -0.3 is 4.90 Å². The number of sulfonamides is 1. The van der Waals surface area contributed by atoms with Crippen molar-refractivity contribution in [1.29, 1.82) is 0 Å². The smallest absolute Gasteiger partial charge is 0.240 e. The fraction of sp³-hybridized carbons (Fsp3) is 0.222.